The maximum absolute atomic E-state index is 12.6. The summed E-state index contributed by atoms with van der Waals surface area (Å²) in [7, 11) is 1.27. The number of nitrogens with one attached hydrogen (secondary N) is 1. The van der Waals surface area contributed by atoms with E-state index in [1.54, 1.807) is 36.7 Å². The topological polar surface area (TPSA) is 101 Å². The van der Waals surface area contributed by atoms with E-state index in [2.05, 4.69) is 10.3 Å². The summed E-state index contributed by atoms with van der Waals surface area (Å²) in [4.78, 5) is 30.1. The number of benzene rings is 1. The lowest BCUT2D eigenvalue weighted by molar-refractivity contribution is -0.136. The van der Waals surface area contributed by atoms with Gasteiger partial charge in [0.05, 0.1) is 32.0 Å². The highest BCUT2D eigenvalue weighted by Crippen LogP contribution is 2.28. The Kier molecular flexibility index (Phi) is 5.90. The van der Waals surface area contributed by atoms with Crippen LogP contribution in [0, 0.1) is 6.92 Å². The van der Waals surface area contributed by atoms with Crippen molar-refractivity contribution in [1.29, 1.82) is 0 Å². The van der Waals surface area contributed by atoms with Crippen LogP contribution in [0.3, 0.4) is 0 Å². The van der Waals surface area contributed by atoms with Crippen molar-refractivity contribution in [2.75, 3.05) is 32.1 Å². The van der Waals surface area contributed by atoms with Gasteiger partial charge in [0.2, 0.25) is 0 Å². The average Bonchev–Trinajstić information content (AvgIpc) is 3.00. The van der Waals surface area contributed by atoms with E-state index in [1.807, 2.05) is 13.0 Å². The van der Waals surface area contributed by atoms with Gasteiger partial charge in [0, 0.05) is 18.4 Å². The van der Waals surface area contributed by atoms with E-state index < -0.39 is 5.97 Å². The number of rotatable bonds is 7. The summed E-state index contributed by atoms with van der Waals surface area (Å²) >= 11 is 0. The molecule has 8 nitrogen and oxygen atoms in total. The first-order valence-corrected chi connectivity index (χ1v) is 8.70. The number of hydrogen-bond acceptors (Lipinski definition) is 7. The molecule has 0 spiro atoms. The van der Waals surface area contributed by atoms with Crippen LogP contribution in [0.15, 0.2) is 54.0 Å². The molecule has 0 radical (unpaired) electrons. The molecule has 0 bridgehead atoms. The molecule has 0 saturated heterocycles. The molecular formula is C20H21N3O5. The normalized spacial score (nSPS) is 13.7. The molecule has 3 rings (SSSR count). The number of esters is 1. The highest BCUT2D eigenvalue weighted by atomic mass is 16.5. The van der Waals surface area contributed by atoms with Gasteiger partial charge >= 0.3 is 5.97 Å². The molecular weight excluding hydrogens is 362 g/mol. The SMILES string of the molecule is COC(=O)C1=C(Nc2ccc(Oc3cccnc3)cc2C)C(=O)N(CCO)C1. The smallest absolute Gasteiger partial charge is 0.337 e. The zero-order valence-corrected chi connectivity index (χ0v) is 15.6. The fraction of sp³-hybridized carbons (Fsp3) is 0.250. The largest absolute Gasteiger partial charge is 0.466 e. The van der Waals surface area contributed by atoms with Gasteiger partial charge in [-0.2, -0.15) is 0 Å². The number of ether oxygens (including phenoxy) is 2. The van der Waals surface area contributed by atoms with Crippen molar-refractivity contribution in [2.45, 2.75) is 6.92 Å². The fourth-order valence-electron chi connectivity index (χ4n) is 2.87. The molecule has 1 amide bonds. The van der Waals surface area contributed by atoms with Crippen LogP contribution in [0.1, 0.15) is 5.56 Å². The quantitative estimate of drug-likeness (QED) is 0.704. The second kappa shape index (κ2) is 8.53. The third-order valence-electron chi connectivity index (χ3n) is 4.28. The van der Waals surface area contributed by atoms with E-state index in [0.717, 1.165) is 5.56 Å². The molecule has 0 saturated carbocycles. The van der Waals surface area contributed by atoms with Crippen LogP contribution in [-0.2, 0) is 14.3 Å². The minimum Gasteiger partial charge on any atom is -0.466 e. The number of carbonyl (C=O) groups is 2. The molecule has 2 heterocycles. The third-order valence-corrected chi connectivity index (χ3v) is 4.28. The Morgan fingerprint density at radius 3 is 2.79 bits per heavy atom. The zero-order valence-electron chi connectivity index (χ0n) is 15.6. The van der Waals surface area contributed by atoms with Crippen LogP contribution < -0.4 is 10.1 Å². The van der Waals surface area contributed by atoms with Crippen LogP contribution in [-0.4, -0.2) is 53.7 Å². The Morgan fingerprint density at radius 2 is 2.14 bits per heavy atom. The van der Waals surface area contributed by atoms with Crippen LogP contribution in [0.5, 0.6) is 11.5 Å². The number of β-amino-alcohol motifs (C(OH)–C–C–N with tert-alkyl or cyclic N) is 1. The Balaban J connectivity index is 1.83. The summed E-state index contributed by atoms with van der Waals surface area (Å²) in [6, 6.07) is 8.92. The van der Waals surface area contributed by atoms with Crippen molar-refractivity contribution in [1.82, 2.24) is 9.88 Å². The molecule has 1 aromatic heterocycles. The maximum atomic E-state index is 12.6. The highest BCUT2D eigenvalue weighted by molar-refractivity contribution is 6.08. The Bertz CT molecular complexity index is 911. The molecule has 0 unspecified atom stereocenters. The standard InChI is InChI=1S/C20H21N3O5/c1-13-10-14(28-15-4-3-7-21-11-15)5-6-17(13)22-18-16(20(26)27-2)12-23(8-9-24)19(18)25/h3-7,10-11,22,24H,8-9,12H2,1-2H3. The van der Waals surface area contributed by atoms with Crippen LogP contribution in [0.2, 0.25) is 0 Å². The van der Waals surface area contributed by atoms with E-state index >= 15 is 0 Å². The zero-order chi connectivity index (χ0) is 20.1. The highest BCUT2D eigenvalue weighted by Gasteiger charge is 2.34. The predicted octanol–water partition coefficient (Wildman–Crippen LogP) is 1.86. The fourth-order valence-corrected chi connectivity index (χ4v) is 2.87. The Labute approximate surface area is 162 Å². The molecule has 1 aliphatic heterocycles. The number of hydrogen-bond donors (Lipinski definition) is 2. The van der Waals surface area contributed by atoms with E-state index in [4.69, 9.17) is 14.6 Å². The van der Waals surface area contributed by atoms with Gasteiger partial charge in [-0.25, -0.2) is 4.79 Å². The van der Waals surface area contributed by atoms with Gasteiger partial charge in [0.1, 0.15) is 17.2 Å². The second-order valence-electron chi connectivity index (χ2n) is 6.19. The minimum absolute atomic E-state index is 0.0929. The number of anilines is 1. The molecule has 146 valence electrons. The first kappa shape index (κ1) is 19.4. The molecule has 0 fully saturated rings. The number of pyridine rings is 1. The van der Waals surface area contributed by atoms with Crippen molar-refractivity contribution < 1.29 is 24.2 Å². The molecule has 8 heteroatoms. The Hall–Kier alpha value is -3.39. The van der Waals surface area contributed by atoms with Gasteiger partial charge < -0.3 is 24.8 Å². The number of nitrogens with zero attached hydrogens (tertiary/aromatic N) is 2. The van der Waals surface area contributed by atoms with E-state index in [0.29, 0.717) is 17.2 Å². The van der Waals surface area contributed by atoms with Crippen molar-refractivity contribution in [3.8, 4) is 11.5 Å². The summed E-state index contributed by atoms with van der Waals surface area (Å²) in [6.07, 6.45) is 3.28. The number of carbonyl (C=O) groups excluding carboxylic acids is 2. The summed E-state index contributed by atoms with van der Waals surface area (Å²) < 4.78 is 10.5. The number of aromatic nitrogens is 1. The lowest BCUT2D eigenvalue weighted by atomic mass is 10.1. The van der Waals surface area contributed by atoms with E-state index in [1.165, 1.54) is 12.0 Å². The Morgan fingerprint density at radius 1 is 1.32 bits per heavy atom. The number of aliphatic hydroxyl groups excluding tert-OH is 1. The van der Waals surface area contributed by atoms with Gasteiger partial charge in [-0.1, -0.05) is 0 Å². The maximum Gasteiger partial charge on any atom is 0.337 e. The van der Waals surface area contributed by atoms with Crippen molar-refractivity contribution in [3.63, 3.8) is 0 Å². The summed E-state index contributed by atoms with van der Waals surface area (Å²) in [6.45, 7) is 1.91. The van der Waals surface area contributed by atoms with Gasteiger partial charge in [-0.15, -0.1) is 0 Å². The molecule has 2 aromatic rings. The second-order valence-corrected chi connectivity index (χ2v) is 6.19. The lowest BCUT2D eigenvalue weighted by Gasteiger charge is -2.16. The lowest BCUT2D eigenvalue weighted by Crippen LogP contribution is -2.31. The number of amides is 1. The molecule has 0 atom stereocenters. The van der Waals surface area contributed by atoms with Crippen molar-refractivity contribution in [2.24, 2.45) is 0 Å². The van der Waals surface area contributed by atoms with Crippen LogP contribution in [0.25, 0.3) is 0 Å². The van der Waals surface area contributed by atoms with Crippen LogP contribution in [0.4, 0.5) is 5.69 Å². The monoisotopic (exact) mass is 383 g/mol. The van der Waals surface area contributed by atoms with Gasteiger partial charge in [-0.3, -0.25) is 9.78 Å². The first-order chi connectivity index (χ1) is 13.5. The van der Waals surface area contributed by atoms with Gasteiger partial charge in [0.15, 0.2) is 0 Å². The van der Waals surface area contributed by atoms with E-state index in [-0.39, 0.29) is 36.9 Å². The van der Waals surface area contributed by atoms with Crippen molar-refractivity contribution in [3.05, 3.63) is 59.6 Å². The first-order valence-electron chi connectivity index (χ1n) is 8.70. The van der Waals surface area contributed by atoms with E-state index in [9.17, 15) is 9.59 Å². The number of aliphatic hydroxyl groups is 1. The number of aryl methyl sites for hydroxylation is 1. The minimum atomic E-state index is -0.578. The van der Waals surface area contributed by atoms with Gasteiger partial charge in [0.25, 0.3) is 5.91 Å². The average molecular weight is 383 g/mol. The van der Waals surface area contributed by atoms with Crippen LogP contribution >= 0.6 is 0 Å². The number of methoxy groups -OCH3 is 1. The molecule has 1 aliphatic rings. The summed E-state index contributed by atoms with van der Waals surface area (Å²) in [5.41, 5.74) is 1.88. The van der Waals surface area contributed by atoms with Crippen molar-refractivity contribution >= 4 is 17.6 Å². The van der Waals surface area contributed by atoms with Gasteiger partial charge in [-0.05, 0) is 42.8 Å². The third kappa shape index (κ3) is 4.12. The molecule has 0 aliphatic carbocycles. The summed E-state index contributed by atoms with van der Waals surface area (Å²) in [5.74, 6) is 0.303. The molecule has 28 heavy (non-hydrogen) atoms. The molecule has 1 aromatic carbocycles. The molecule has 2 N–H and O–H groups in total. The summed E-state index contributed by atoms with van der Waals surface area (Å²) in [5, 5.41) is 12.2. The predicted molar refractivity (Wildman–Crippen MR) is 102 cm³/mol.